The summed E-state index contributed by atoms with van der Waals surface area (Å²) in [5, 5.41) is 2.22. The number of ether oxygens (including phenoxy) is 1. The van der Waals surface area contributed by atoms with Gasteiger partial charge in [-0.2, -0.15) is 0 Å². The first-order chi connectivity index (χ1) is 7.13. The molecule has 1 heterocycles. The van der Waals surface area contributed by atoms with Crippen LogP contribution < -0.4 is 5.32 Å². The summed E-state index contributed by atoms with van der Waals surface area (Å²) in [6.07, 6.45) is 0.595. The van der Waals surface area contributed by atoms with Gasteiger partial charge in [0.25, 0.3) is 5.91 Å². The van der Waals surface area contributed by atoms with Gasteiger partial charge < -0.3 is 4.74 Å². The Balaban J connectivity index is 2.65. The molecule has 0 saturated heterocycles. The van der Waals surface area contributed by atoms with E-state index in [0.29, 0.717) is 0 Å². The van der Waals surface area contributed by atoms with E-state index in [1.165, 1.54) is 18.3 Å². The summed E-state index contributed by atoms with van der Waals surface area (Å²) >= 11 is 5.58. The molecule has 0 bridgehead atoms. The number of rotatable bonds is 2. The van der Waals surface area contributed by atoms with Crippen molar-refractivity contribution in [1.29, 1.82) is 0 Å². The fourth-order valence-corrected chi connectivity index (χ4v) is 1.05. The molecule has 2 amide bonds. The van der Waals surface area contributed by atoms with E-state index in [1.54, 1.807) is 6.92 Å². The van der Waals surface area contributed by atoms with Crippen molar-refractivity contribution in [2.45, 2.75) is 6.92 Å². The summed E-state index contributed by atoms with van der Waals surface area (Å²) in [5.41, 5.74) is 0.253. The Hall–Kier alpha value is -1.62. The van der Waals surface area contributed by atoms with Gasteiger partial charge in [0.1, 0.15) is 5.15 Å². The van der Waals surface area contributed by atoms with Crippen LogP contribution >= 0.6 is 11.6 Å². The lowest BCUT2D eigenvalue weighted by Gasteiger charge is -2.03. The van der Waals surface area contributed by atoms with Crippen molar-refractivity contribution in [3.05, 3.63) is 29.0 Å². The number of carbonyl (C=O) groups is 2. The molecule has 1 rings (SSSR count). The highest BCUT2D eigenvalue weighted by Crippen LogP contribution is 2.06. The molecule has 0 aromatic carbocycles. The van der Waals surface area contributed by atoms with Crippen LogP contribution in [0.2, 0.25) is 5.15 Å². The summed E-state index contributed by atoms with van der Waals surface area (Å²) in [7, 11) is 0. The van der Waals surface area contributed by atoms with E-state index in [-0.39, 0.29) is 17.3 Å². The zero-order valence-corrected chi connectivity index (χ0v) is 8.75. The molecule has 6 heteroatoms. The fraction of sp³-hybridized carbons (Fsp3) is 0.222. The van der Waals surface area contributed by atoms with Crippen LogP contribution in [-0.4, -0.2) is 23.6 Å². The van der Waals surface area contributed by atoms with Gasteiger partial charge >= 0.3 is 6.09 Å². The Kier molecular flexibility index (Phi) is 4.05. The highest BCUT2D eigenvalue weighted by atomic mass is 35.5. The van der Waals surface area contributed by atoms with Crippen LogP contribution in [0.1, 0.15) is 17.3 Å². The van der Waals surface area contributed by atoms with E-state index in [2.05, 4.69) is 9.72 Å². The maximum atomic E-state index is 11.4. The number of hydrogen-bond acceptors (Lipinski definition) is 4. The van der Waals surface area contributed by atoms with E-state index >= 15 is 0 Å². The third-order valence-corrected chi connectivity index (χ3v) is 1.69. The van der Waals surface area contributed by atoms with Gasteiger partial charge in [0.15, 0.2) is 0 Å². The number of aromatic nitrogens is 1. The van der Waals surface area contributed by atoms with Crippen LogP contribution in [0.3, 0.4) is 0 Å². The van der Waals surface area contributed by atoms with Gasteiger partial charge in [0, 0.05) is 11.8 Å². The highest BCUT2D eigenvalue weighted by molar-refractivity contribution is 6.29. The second kappa shape index (κ2) is 5.31. The number of nitrogens with zero attached hydrogens (tertiary/aromatic N) is 1. The van der Waals surface area contributed by atoms with E-state index in [1.807, 2.05) is 5.32 Å². The normalized spacial score (nSPS) is 9.47. The van der Waals surface area contributed by atoms with Gasteiger partial charge in [-0.3, -0.25) is 10.1 Å². The monoisotopic (exact) mass is 228 g/mol. The number of carbonyl (C=O) groups excluding carboxylic acids is 2. The molecule has 0 atom stereocenters. The first-order valence-corrected chi connectivity index (χ1v) is 4.61. The number of alkyl carbamates (subject to hydrolysis) is 1. The quantitative estimate of drug-likeness (QED) is 0.781. The Morgan fingerprint density at radius 2 is 2.33 bits per heavy atom. The third-order valence-electron chi connectivity index (χ3n) is 1.48. The first-order valence-electron chi connectivity index (χ1n) is 4.23. The minimum absolute atomic E-state index is 0.187. The Labute approximate surface area is 91.4 Å². The molecule has 0 radical (unpaired) electrons. The van der Waals surface area contributed by atoms with E-state index in [9.17, 15) is 9.59 Å². The second-order valence-corrected chi connectivity index (χ2v) is 2.93. The average molecular weight is 229 g/mol. The summed E-state index contributed by atoms with van der Waals surface area (Å²) in [6, 6.07) is 2.80. The molecule has 1 aromatic rings. The van der Waals surface area contributed by atoms with Crippen LogP contribution in [-0.2, 0) is 4.74 Å². The average Bonchev–Trinajstić information content (AvgIpc) is 2.18. The largest absolute Gasteiger partial charge is 0.450 e. The first kappa shape index (κ1) is 11.5. The van der Waals surface area contributed by atoms with Gasteiger partial charge in [-0.1, -0.05) is 11.6 Å². The summed E-state index contributed by atoms with van der Waals surface area (Å²) < 4.78 is 4.54. The van der Waals surface area contributed by atoms with Crippen molar-refractivity contribution >= 4 is 23.6 Å². The minimum atomic E-state index is -0.782. The van der Waals surface area contributed by atoms with Gasteiger partial charge in [-0.25, -0.2) is 9.78 Å². The van der Waals surface area contributed by atoms with Crippen LogP contribution in [0.25, 0.3) is 0 Å². The lowest BCUT2D eigenvalue weighted by atomic mass is 10.2. The number of imide groups is 1. The molecule has 0 aliphatic carbocycles. The number of nitrogens with one attached hydrogen (secondary N) is 1. The van der Waals surface area contributed by atoms with E-state index in [0.717, 1.165) is 0 Å². The van der Waals surface area contributed by atoms with Crippen LogP contribution in [0.5, 0.6) is 0 Å². The van der Waals surface area contributed by atoms with Crippen LogP contribution in [0, 0.1) is 0 Å². The Bertz CT molecular complexity index is 381. The molecule has 0 spiro atoms. The molecular formula is C9H9ClN2O3. The van der Waals surface area contributed by atoms with E-state index < -0.39 is 12.0 Å². The van der Waals surface area contributed by atoms with E-state index in [4.69, 9.17) is 11.6 Å². The molecule has 0 aliphatic heterocycles. The molecule has 0 saturated carbocycles. The Morgan fingerprint density at radius 1 is 1.60 bits per heavy atom. The Morgan fingerprint density at radius 3 is 2.93 bits per heavy atom. The molecule has 5 nitrogen and oxygen atoms in total. The smallest absolute Gasteiger partial charge is 0.414 e. The molecule has 0 aliphatic rings. The second-order valence-electron chi connectivity index (χ2n) is 2.54. The summed E-state index contributed by atoms with van der Waals surface area (Å²) in [5.74, 6) is -0.572. The van der Waals surface area contributed by atoms with Crippen molar-refractivity contribution < 1.29 is 14.3 Å². The van der Waals surface area contributed by atoms with Gasteiger partial charge in [0.2, 0.25) is 0 Å². The zero-order chi connectivity index (χ0) is 11.3. The molecule has 15 heavy (non-hydrogen) atoms. The maximum Gasteiger partial charge on any atom is 0.414 e. The SMILES string of the molecule is CCOC(=O)NC(=O)c1ccnc(Cl)c1. The lowest BCUT2D eigenvalue weighted by Crippen LogP contribution is -2.30. The molecule has 1 N–H and O–H groups in total. The van der Waals surface area contributed by atoms with Crippen molar-refractivity contribution in [2.75, 3.05) is 6.61 Å². The number of pyridine rings is 1. The van der Waals surface area contributed by atoms with Crippen molar-refractivity contribution in [3.8, 4) is 0 Å². The topological polar surface area (TPSA) is 68.3 Å². The number of halogens is 1. The molecule has 1 aromatic heterocycles. The molecular weight excluding hydrogens is 220 g/mol. The number of hydrogen-bond donors (Lipinski definition) is 1. The van der Waals surface area contributed by atoms with Gasteiger partial charge in [-0.15, -0.1) is 0 Å². The third kappa shape index (κ3) is 3.55. The molecule has 80 valence electrons. The summed E-state index contributed by atoms with van der Waals surface area (Å²) in [6.45, 7) is 1.85. The van der Waals surface area contributed by atoms with Crippen LogP contribution in [0.15, 0.2) is 18.3 Å². The van der Waals surface area contributed by atoms with Crippen molar-refractivity contribution in [2.24, 2.45) is 0 Å². The standard InChI is InChI=1S/C9H9ClN2O3/c1-2-15-9(14)12-8(13)6-3-4-11-7(10)5-6/h3-5H,2H2,1H3,(H,12,13,14). The van der Waals surface area contributed by atoms with Gasteiger partial charge in [0.05, 0.1) is 6.61 Å². The van der Waals surface area contributed by atoms with Crippen molar-refractivity contribution in [1.82, 2.24) is 10.3 Å². The predicted molar refractivity (Wildman–Crippen MR) is 53.7 cm³/mol. The van der Waals surface area contributed by atoms with Gasteiger partial charge in [-0.05, 0) is 19.1 Å². The molecule has 0 unspecified atom stereocenters. The lowest BCUT2D eigenvalue weighted by molar-refractivity contribution is 0.0925. The predicted octanol–water partition coefficient (Wildman–Crippen LogP) is 1.62. The summed E-state index contributed by atoms with van der Waals surface area (Å²) in [4.78, 5) is 26.0. The maximum absolute atomic E-state index is 11.4. The minimum Gasteiger partial charge on any atom is -0.450 e. The number of amides is 2. The fourth-order valence-electron chi connectivity index (χ4n) is 0.876. The highest BCUT2D eigenvalue weighted by Gasteiger charge is 2.10. The van der Waals surface area contributed by atoms with Crippen LogP contribution in [0.4, 0.5) is 4.79 Å². The molecule has 0 fully saturated rings. The van der Waals surface area contributed by atoms with Crippen molar-refractivity contribution in [3.63, 3.8) is 0 Å². The zero-order valence-electron chi connectivity index (χ0n) is 7.99.